The van der Waals surface area contributed by atoms with Gasteiger partial charge in [0, 0.05) is 12.6 Å². The lowest BCUT2D eigenvalue weighted by molar-refractivity contribution is 0.277. The summed E-state index contributed by atoms with van der Waals surface area (Å²) in [5.74, 6) is 0. The van der Waals surface area contributed by atoms with E-state index in [0.717, 1.165) is 6.54 Å². The minimum absolute atomic E-state index is 0.262. The van der Waals surface area contributed by atoms with E-state index < -0.39 is 0 Å². The maximum Gasteiger partial charge on any atom is 0.0556 e. The molecule has 0 heterocycles. The van der Waals surface area contributed by atoms with Crippen molar-refractivity contribution in [3.05, 3.63) is 0 Å². The van der Waals surface area contributed by atoms with Crippen LogP contribution in [0.3, 0.4) is 0 Å². The predicted octanol–water partition coefficient (Wildman–Crippen LogP) is 3.10. The summed E-state index contributed by atoms with van der Waals surface area (Å²) in [5, 5.41) is 12.2. The molecule has 0 aliphatic rings. The molecular formula is C13H29NO. The molecule has 0 aliphatic carbocycles. The van der Waals surface area contributed by atoms with Gasteiger partial charge < -0.3 is 10.4 Å². The number of nitrogens with one attached hydrogen (secondary N) is 1. The largest absolute Gasteiger partial charge is 0.395 e. The molecule has 92 valence electrons. The van der Waals surface area contributed by atoms with Crippen LogP contribution in [-0.4, -0.2) is 24.3 Å². The molecule has 0 saturated carbocycles. The number of unbranched alkanes of at least 4 members (excludes halogenated alkanes) is 4. The molecule has 0 rings (SSSR count). The standard InChI is InChI=1S/C13H29NO/c1-3-5-7-9-13(14-11-12-15)10-8-6-4-2/h13-15H,3-12H2,1-2H3. The molecule has 2 heteroatoms. The molecule has 0 radical (unpaired) electrons. The van der Waals surface area contributed by atoms with Gasteiger partial charge in [0.15, 0.2) is 0 Å². The van der Waals surface area contributed by atoms with Gasteiger partial charge in [0.05, 0.1) is 6.61 Å². The Labute approximate surface area is 95.5 Å². The molecule has 2 N–H and O–H groups in total. The zero-order chi connectivity index (χ0) is 11.4. The predicted molar refractivity (Wildman–Crippen MR) is 67.2 cm³/mol. The van der Waals surface area contributed by atoms with Gasteiger partial charge in [-0.25, -0.2) is 0 Å². The Morgan fingerprint density at radius 1 is 0.933 bits per heavy atom. The summed E-state index contributed by atoms with van der Waals surface area (Å²) >= 11 is 0. The highest BCUT2D eigenvalue weighted by molar-refractivity contribution is 4.66. The summed E-state index contributed by atoms with van der Waals surface area (Å²) in [6, 6.07) is 0.634. The van der Waals surface area contributed by atoms with E-state index in [9.17, 15) is 0 Å². The van der Waals surface area contributed by atoms with Gasteiger partial charge in [-0.05, 0) is 12.8 Å². The van der Waals surface area contributed by atoms with E-state index in [1.165, 1.54) is 51.4 Å². The zero-order valence-electron chi connectivity index (χ0n) is 10.6. The molecule has 2 nitrogen and oxygen atoms in total. The molecule has 0 bridgehead atoms. The fourth-order valence-corrected chi connectivity index (χ4v) is 1.90. The van der Waals surface area contributed by atoms with Gasteiger partial charge in [-0.3, -0.25) is 0 Å². The van der Waals surface area contributed by atoms with E-state index in [1.807, 2.05) is 0 Å². The third-order valence-electron chi connectivity index (χ3n) is 2.86. The lowest BCUT2D eigenvalue weighted by Crippen LogP contribution is -2.31. The first-order valence-corrected chi connectivity index (χ1v) is 6.69. The van der Waals surface area contributed by atoms with Gasteiger partial charge in [0.2, 0.25) is 0 Å². The monoisotopic (exact) mass is 215 g/mol. The average molecular weight is 215 g/mol. The fourth-order valence-electron chi connectivity index (χ4n) is 1.90. The van der Waals surface area contributed by atoms with E-state index in [0.29, 0.717) is 6.04 Å². The minimum Gasteiger partial charge on any atom is -0.395 e. The topological polar surface area (TPSA) is 32.3 Å². The normalized spacial score (nSPS) is 11.2. The average Bonchev–Trinajstić information content (AvgIpc) is 2.25. The molecular weight excluding hydrogens is 186 g/mol. The van der Waals surface area contributed by atoms with E-state index >= 15 is 0 Å². The summed E-state index contributed by atoms with van der Waals surface area (Å²) < 4.78 is 0. The molecule has 0 amide bonds. The van der Waals surface area contributed by atoms with Crippen LogP contribution >= 0.6 is 0 Å². The Bertz CT molecular complexity index is 107. The molecule has 0 aromatic carbocycles. The lowest BCUT2D eigenvalue weighted by Gasteiger charge is -2.17. The first kappa shape index (κ1) is 14.9. The number of rotatable bonds is 11. The smallest absolute Gasteiger partial charge is 0.0556 e. The third-order valence-corrected chi connectivity index (χ3v) is 2.86. The molecule has 0 spiro atoms. The van der Waals surface area contributed by atoms with Crippen LogP contribution in [0.4, 0.5) is 0 Å². The van der Waals surface area contributed by atoms with Crippen molar-refractivity contribution in [3.8, 4) is 0 Å². The first-order chi connectivity index (χ1) is 7.35. The first-order valence-electron chi connectivity index (χ1n) is 6.69. The van der Waals surface area contributed by atoms with Gasteiger partial charge in [0.1, 0.15) is 0 Å². The molecule has 0 aromatic heterocycles. The number of hydrogen-bond donors (Lipinski definition) is 2. The van der Waals surface area contributed by atoms with E-state index in [4.69, 9.17) is 5.11 Å². The summed E-state index contributed by atoms with van der Waals surface area (Å²) in [6.45, 7) is 5.50. The lowest BCUT2D eigenvalue weighted by atomic mass is 10.0. The second-order valence-corrected chi connectivity index (χ2v) is 4.37. The SMILES string of the molecule is CCCCCC(CCCCC)NCCO. The number of hydrogen-bond acceptors (Lipinski definition) is 2. The maximum atomic E-state index is 8.80. The van der Waals surface area contributed by atoms with Gasteiger partial charge in [0.25, 0.3) is 0 Å². The molecule has 0 atom stereocenters. The van der Waals surface area contributed by atoms with Crippen molar-refractivity contribution in [2.24, 2.45) is 0 Å². The zero-order valence-corrected chi connectivity index (χ0v) is 10.6. The summed E-state index contributed by atoms with van der Waals surface area (Å²) in [7, 11) is 0. The summed E-state index contributed by atoms with van der Waals surface area (Å²) in [5.41, 5.74) is 0. The van der Waals surface area contributed by atoms with Gasteiger partial charge in [-0.2, -0.15) is 0 Å². The van der Waals surface area contributed by atoms with Crippen LogP contribution < -0.4 is 5.32 Å². The van der Waals surface area contributed by atoms with Crippen LogP contribution in [0.2, 0.25) is 0 Å². The molecule has 0 unspecified atom stereocenters. The Morgan fingerprint density at radius 2 is 1.47 bits per heavy atom. The van der Waals surface area contributed by atoms with Crippen molar-refractivity contribution in [1.82, 2.24) is 5.32 Å². The number of aliphatic hydroxyl groups excluding tert-OH is 1. The van der Waals surface area contributed by atoms with Crippen molar-refractivity contribution < 1.29 is 5.11 Å². The highest BCUT2D eigenvalue weighted by Crippen LogP contribution is 2.10. The second kappa shape index (κ2) is 12.0. The summed E-state index contributed by atoms with van der Waals surface area (Å²) in [6.07, 6.45) is 10.5. The van der Waals surface area contributed by atoms with Crippen molar-refractivity contribution in [2.75, 3.05) is 13.2 Å². The van der Waals surface area contributed by atoms with E-state index in [1.54, 1.807) is 0 Å². The Kier molecular flexibility index (Phi) is 11.9. The van der Waals surface area contributed by atoms with Crippen molar-refractivity contribution in [3.63, 3.8) is 0 Å². The third kappa shape index (κ3) is 10.2. The molecule has 0 fully saturated rings. The van der Waals surface area contributed by atoms with Crippen LogP contribution in [0.15, 0.2) is 0 Å². The molecule has 0 saturated heterocycles. The van der Waals surface area contributed by atoms with Crippen molar-refractivity contribution in [1.29, 1.82) is 0 Å². The fraction of sp³-hybridized carbons (Fsp3) is 1.00. The van der Waals surface area contributed by atoms with Crippen LogP contribution in [0.5, 0.6) is 0 Å². The van der Waals surface area contributed by atoms with Gasteiger partial charge in [-0.1, -0.05) is 52.4 Å². The van der Waals surface area contributed by atoms with E-state index in [2.05, 4.69) is 19.2 Å². The van der Waals surface area contributed by atoms with Crippen molar-refractivity contribution in [2.45, 2.75) is 71.3 Å². The quantitative estimate of drug-likeness (QED) is 0.519. The molecule has 0 aliphatic heterocycles. The van der Waals surface area contributed by atoms with Crippen molar-refractivity contribution >= 4 is 0 Å². The van der Waals surface area contributed by atoms with Crippen LogP contribution in [0.25, 0.3) is 0 Å². The maximum absolute atomic E-state index is 8.80. The van der Waals surface area contributed by atoms with Crippen LogP contribution in [0.1, 0.15) is 65.2 Å². The second-order valence-electron chi connectivity index (χ2n) is 4.37. The highest BCUT2D eigenvalue weighted by atomic mass is 16.3. The highest BCUT2D eigenvalue weighted by Gasteiger charge is 2.06. The summed E-state index contributed by atoms with van der Waals surface area (Å²) in [4.78, 5) is 0. The Morgan fingerprint density at radius 3 is 1.87 bits per heavy atom. The minimum atomic E-state index is 0.262. The molecule has 15 heavy (non-hydrogen) atoms. The Balaban J connectivity index is 3.53. The van der Waals surface area contributed by atoms with Crippen LogP contribution in [0, 0.1) is 0 Å². The van der Waals surface area contributed by atoms with E-state index in [-0.39, 0.29) is 6.61 Å². The van der Waals surface area contributed by atoms with Gasteiger partial charge in [-0.15, -0.1) is 0 Å². The Hall–Kier alpha value is -0.0800. The molecule has 0 aromatic rings. The van der Waals surface area contributed by atoms with Crippen LogP contribution in [-0.2, 0) is 0 Å². The van der Waals surface area contributed by atoms with Gasteiger partial charge >= 0.3 is 0 Å². The number of aliphatic hydroxyl groups is 1.